The number of anilines is 1. The minimum Gasteiger partial charge on any atom is -0.496 e. The van der Waals surface area contributed by atoms with E-state index in [1.807, 2.05) is 31.2 Å². The van der Waals surface area contributed by atoms with E-state index in [1.54, 1.807) is 20.1 Å². The zero-order chi connectivity index (χ0) is 19.3. The molecule has 140 valence electrons. The molecule has 0 unspecified atom stereocenters. The summed E-state index contributed by atoms with van der Waals surface area (Å²) in [6.45, 7) is 3.66. The highest BCUT2D eigenvalue weighted by Gasteiger charge is 2.19. The lowest BCUT2D eigenvalue weighted by atomic mass is 10.1. The molecule has 26 heavy (non-hydrogen) atoms. The number of methoxy groups -OCH3 is 1. The van der Waals surface area contributed by atoms with Gasteiger partial charge in [-0.15, -0.1) is 0 Å². The summed E-state index contributed by atoms with van der Waals surface area (Å²) in [5.41, 5.74) is 1.30. The van der Waals surface area contributed by atoms with Gasteiger partial charge in [0.2, 0.25) is 15.9 Å². The van der Waals surface area contributed by atoms with Gasteiger partial charge >= 0.3 is 0 Å². The van der Waals surface area contributed by atoms with Crippen molar-refractivity contribution in [1.29, 1.82) is 0 Å². The zero-order valence-corrected chi connectivity index (χ0v) is 15.7. The molecule has 2 aromatic rings. The van der Waals surface area contributed by atoms with Gasteiger partial charge in [0.05, 0.1) is 18.0 Å². The summed E-state index contributed by atoms with van der Waals surface area (Å²) in [6.07, 6.45) is 0. The molecule has 4 N–H and O–H groups in total. The second-order valence-corrected chi connectivity index (χ2v) is 7.48. The molecule has 8 heteroatoms. The van der Waals surface area contributed by atoms with Crippen LogP contribution in [0.3, 0.4) is 0 Å². The lowest BCUT2D eigenvalue weighted by molar-refractivity contribution is -0.117. The highest BCUT2D eigenvalue weighted by atomic mass is 32.2. The molecule has 2 aromatic carbocycles. The molecule has 2 rings (SSSR count). The summed E-state index contributed by atoms with van der Waals surface area (Å²) < 4.78 is 28.2. The van der Waals surface area contributed by atoms with E-state index in [4.69, 9.17) is 9.88 Å². The summed E-state index contributed by atoms with van der Waals surface area (Å²) >= 11 is 0. The monoisotopic (exact) mass is 377 g/mol. The number of para-hydroxylation sites is 1. The molecule has 0 heterocycles. The summed E-state index contributed by atoms with van der Waals surface area (Å²) in [6, 6.07) is 12.7. The fraction of sp³-hybridized carbons (Fsp3) is 0.278. The summed E-state index contributed by atoms with van der Waals surface area (Å²) in [7, 11) is -2.23. The van der Waals surface area contributed by atoms with Crippen molar-refractivity contribution in [3.63, 3.8) is 0 Å². The number of ether oxygens (including phenoxy) is 1. The molecule has 0 saturated heterocycles. The first kappa shape index (κ1) is 19.9. The fourth-order valence-electron chi connectivity index (χ4n) is 2.57. The molecule has 0 spiro atoms. The van der Waals surface area contributed by atoms with E-state index in [0.717, 1.165) is 11.3 Å². The topological polar surface area (TPSA) is 111 Å². The van der Waals surface area contributed by atoms with Gasteiger partial charge in [0.25, 0.3) is 0 Å². The smallest absolute Gasteiger partial charge is 0.241 e. The third-order valence-electron chi connectivity index (χ3n) is 3.93. The first-order chi connectivity index (χ1) is 12.2. The standard InChI is InChI=1S/C18H23N3O4S/c1-12(16-9-4-5-10-17(16)25-3)20-13(2)18(22)21-14-7-6-8-15(11-14)26(19,23)24/h4-13,20H,1-3H3,(H,21,22)(H2,19,23,24)/t12-,13-/m0/s1. The second-order valence-electron chi connectivity index (χ2n) is 5.91. The van der Waals surface area contributed by atoms with Crippen LogP contribution in [0.5, 0.6) is 5.75 Å². The van der Waals surface area contributed by atoms with Gasteiger partial charge in [0, 0.05) is 17.3 Å². The predicted molar refractivity (Wildman–Crippen MR) is 100 cm³/mol. The Bertz CT molecular complexity index is 884. The Morgan fingerprint density at radius 3 is 2.46 bits per heavy atom. The molecular formula is C18H23N3O4S. The Balaban J connectivity index is 2.06. The molecule has 0 aromatic heterocycles. The first-order valence-electron chi connectivity index (χ1n) is 8.05. The predicted octanol–water partition coefficient (Wildman–Crippen LogP) is 2.02. The van der Waals surface area contributed by atoms with Crippen LogP contribution in [0.2, 0.25) is 0 Å². The lowest BCUT2D eigenvalue weighted by Crippen LogP contribution is -2.39. The minimum absolute atomic E-state index is 0.0571. The maximum Gasteiger partial charge on any atom is 0.241 e. The minimum atomic E-state index is -3.82. The van der Waals surface area contributed by atoms with Gasteiger partial charge in [0.1, 0.15) is 5.75 Å². The van der Waals surface area contributed by atoms with E-state index >= 15 is 0 Å². The second kappa shape index (κ2) is 8.31. The normalized spacial score (nSPS) is 13.7. The van der Waals surface area contributed by atoms with Crippen molar-refractivity contribution in [2.45, 2.75) is 30.8 Å². The molecular weight excluding hydrogens is 354 g/mol. The number of sulfonamides is 1. The number of hydrogen-bond donors (Lipinski definition) is 3. The third kappa shape index (κ3) is 5.04. The van der Waals surface area contributed by atoms with Crippen molar-refractivity contribution in [3.05, 3.63) is 54.1 Å². The number of rotatable bonds is 7. The molecule has 7 nitrogen and oxygen atoms in total. The Kier molecular flexibility index (Phi) is 6.36. The van der Waals surface area contributed by atoms with Crippen molar-refractivity contribution >= 4 is 21.6 Å². The zero-order valence-electron chi connectivity index (χ0n) is 14.9. The van der Waals surface area contributed by atoms with Crippen LogP contribution in [0.15, 0.2) is 53.4 Å². The average molecular weight is 377 g/mol. The van der Waals surface area contributed by atoms with Crippen LogP contribution in [0.4, 0.5) is 5.69 Å². The van der Waals surface area contributed by atoms with Crippen LogP contribution in [-0.2, 0) is 14.8 Å². The third-order valence-corrected chi connectivity index (χ3v) is 4.84. The average Bonchev–Trinajstić information content (AvgIpc) is 2.61. The van der Waals surface area contributed by atoms with Crippen LogP contribution in [0, 0.1) is 0 Å². The molecule has 0 aliphatic heterocycles. The summed E-state index contributed by atoms with van der Waals surface area (Å²) in [5.74, 6) is 0.444. The number of carbonyl (C=O) groups excluding carboxylic acids is 1. The van der Waals surface area contributed by atoms with E-state index in [-0.39, 0.29) is 16.8 Å². The first-order valence-corrected chi connectivity index (χ1v) is 9.59. The highest BCUT2D eigenvalue weighted by Crippen LogP contribution is 2.24. The van der Waals surface area contributed by atoms with E-state index < -0.39 is 16.1 Å². The molecule has 0 aliphatic carbocycles. The molecule has 0 bridgehead atoms. The quantitative estimate of drug-likeness (QED) is 0.684. The van der Waals surface area contributed by atoms with E-state index in [0.29, 0.717) is 5.69 Å². The molecule has 0 aliphatic rings. The van der Waals surface area contributed by atoms with Crippen LogP contribution in [0.1, 0.15) is 25.5 Å². The maximum absolute atomic E-state index is 12.4. The van der Waals surface area contributed by atoms with Gasteiger partial charge < -0.3 is 10.1 Å². The van der Waals surface area contributed by atoms with Crippen molar-refractivity contribution in [2.75, 3.05) is 12.4 Å². The van der Waals surface area contributed by atoms with Crippen LogP contribution >= 0.6 is 0 Å². The Morgan fingerprint density at radius 1 is 1.12 bits per heavy atom. The van der Waals surface area contributed by atoms with Crippen LogP contribution in [0.25, 0.3) is 0 Å². The number of carbonyl (C=O) groups is 1. The van der Waals surface area contributed by atoms with Gasteiger partial charge in [-0.3, -0.25) is 10.1 Å². The van der Waals surface area contributed by atoms with Crippen LogP contribution in [-0.4, -0.2) is 27.5 Å². The maximum atomic E-state index is 12.4. The number of nitrogens with two attached hydrogens (primary N) is 1. The van der Waals surface area contributed by atoms with E-state index in [9.17, 15) is 13.2 Å². The molecule has 2 atom stereocenters. The number of nitrogens with one attached hydrogen (secondary N) is 2. The number of hydrogen-bond acceptors (Lipinski definition) is 5. The van der Waals surface area contributed by atoms with Gasteiger partial charge in [-0.2, -0.15) is 0 Å². The molecule has 0 fully saturated rings. The highest BCUT2D eigenvalue weighted by molar-refractivity contribution is 7.89. The Morgan fingerprint density at radius 2 is 1.81 bits per heavy atom. The largest absolute Gasteiger partial charge is 0.496 e. The number of amides is 1. The van der Waals surface area contributed by atoms with Crippen LogP contribution < -0.4 is 20.5 Å². The summed E-state index contributed by atoms with van der Waals surface area (Å²) in [5, 5.41) is 11.0. The van der Waals surface area contributed by atoms with Crippen molar-refractivity contribution in [2.24, 2.45) is 5.14 Å². The molecule has 0 radical (unpaired) electrons. The summed E-state index contributed by atoms with van der Waals surface area (Å²) in [4.78, 5) is 12.4. The van der Waals surface area contributed by atoms with E-state index in [1.165, 1.54) is 18.2 Å². The van der Waals surface area contributed by atoms with Crippen molar-refractivity contribution in [1.82, 2.24) is 5.32 Å². The number of primary sulfonamides is 1. The molecule has 0 saturated carbocycles. The van der Waals surface area contributed by atoms with Crippen molar-refractivity contribution < 1.29 is 17.9 Å². The van der Waals surface area contributed by atoms with Gasteiger partial charge in [-0.1, -0.05) is 24.3 Å². The van der Waals surface area contributed by atoms with E-state index in [2.05, 4.69) is 10.6 Å². The SMILES string of the molecule is COc1ccccc1[C@H](C)N[C@@H](C)C(=O)Nc1cccc(S(N)(=O)=O)c1. The van der Waals surface area contributed by atoms with Gasteiger partial charge in [0.15, 0.2) is 0 Å². The Labute approximate surface area is 153 Å². The lowest BCUT2D eigenvalue weighted by Gasteiger charge is -2.21. The molecule has 1 amide bonds. The van der Waals surface area contributed by atoms with Gasteiger partial charge in [-0.25, -0.2) is 13.6 Å². The fourth-order valence-corrected chi connectivity index (χ4v) is 3.13. The number of benzene rings is 2. The van der Waals surface area contributed by atoms with Gasteiger partial charge in [-0.05, 0) is 38.1 Å². The Hall–Kier alpha value is -2.42. The van der Waals surface area contributed by atoms with Crippen molar-refractivity contribution in [3.8, 4) is 5.75 Å².